The van der Waals surface area contributed by atoms with Gasteiger partial charge in [0.15, 0.2) is 8.32 Å². The van der Waals surface area contributed by atoms with Crippen LogP contribution in [0.2, 0.25) is 28.2 Å². The van der Waals surface area contributed by atoms with Gasteiger partial charge in [-0.1, -0.05) is 44.0 Å². The molecule has 0 aromatic heterocycles. The molecule has 0 bridgehead atoms. The van der Waals surface area contributed by atoms with Crippen molar-refractivity contribution in [3.63, 3.8) is 0 Å². The third kappa shape index (κ3) is 4.16. The van der Waals surface area contributed by atoms with Crippen molar-refractivity contribution < 1.29 is 4.43 Å². The lowest BCUT2D eigenvalue weighted by Gasteiger charge is -2.46. The maximum absolute atomic E-state index is 6.49. The van der Waals surface area contributed by atoms with Crippen LogP contribution in [0.3, 0.4) is 0 Å². The smallest absolute Gasteiger partial charge is 0.192 e. The van der Waals surface area contributed by atoms with Crippen molar-refractivity contribution in [1.82, 2.24) is 0 Å². The minimum Gasteiger partial charge on any atom is -0.412 e. The van der Waals surface area contributed by atoms with Gasteiger partial charge < -0.3 is 9.74 Å². The molecule has 2 atom stereocenters. The first kappa shape index (κ1) is 17.1. The fraction of sp³-hybridized carbons (Fsp3) is 0.625. The van der Waals surface area contributed by atoms with Crippen molar-refractivity contribution >= 4 is 37.2 Å². The van der Waals surface area contributed by atoms with Crippen LogP contribution >= 0.6 is 23.2 Å². The van der Waals surface area contributed by atoms with Crippen LogP contribution in [0.15, 0.2) is 18.2 Å². The van der Waals surface area contributed by atoms with Crippen molar-refractivity contribution in [2.24, 2.45) is 0 Å². The van der Waals surface area contributed by atoms with Crippen LogP contribution < -0.4 is 5.32 Å². The molecule has 2 nitrogen and oxygen atoms in total. The number of hydrogen-bond donors (Lipinski definition) is 1. The van der Waals surface area contributed by atoms with Gasteiger partial charge in [0.1, 0.15) is 0 Å². The first-order chi connectivity index (χ1) is 9.58. The average Bonchev–Trinajstić information content (AvgIpc) is 2.29. The van der Waals surface area contributed by atoms with E-state index in [0.29, 0.717) is 22.2 Å². The minimum absolute atomic E-state index is 0.243. The van der Waals surface area contributed by atoms with Crippen molar-refractivity contribution in [1.29, 1.82) is 0 Å². The Morgan fingerprint density at radius 3 is 2.10 bits per heavy atom. The summed E-state index contributed by atoms with van der Waals surface area (Å²) < 4.78 is 6.49. The Bertz CT molecular complexity index is 493. The summed E-state index contributed by atoms with van der Waals surface area (Å²) in [5.74, 6) is 0. The van der Waals surface area contributed by atoms with E-state index < -0.39 is 8.32 Å². The van der Waals surface area contributed by atoms with Crippen molar-refractivity contribution in [3.05, 3.63) is 28.2 Å². The SMILES string of the molecule is CC(C)(C)[Si](C)(C)O[C@H]1CC[C@@H]1Nc1cc(Cl)cc(Cl)c1. The monoisotopic (exact) mass is 345 g/mol. The van der Waals surface area contributed by atoms with Crippen molar-refractivity contribution in [3.8, 4) is 0 Å². The number of benzene rings is 1. The molecule has 0 saturated heterocycles. The lowest BCUT2D eigenvalue weighted by molar-refractivity contribution is 0.0881. The maximum atomic E-state index is 6.49. The summed E-state index contributed by atoms with van der Waals surface area (Å²) in [6.45, 7) is 11.4. The van der Waals surface area contributed by atoms with Gasteiger partial charge in [-0.05, 0) is 49.2 Å². The van der Waals surface area contributed by atoms with Gasteiger partial charge in [0.2, 0.25) is 0 Å². The Hall–Kier alpha value is -0.223. The molecule has 0 heterocycles. The molecule has 0 aliphatic heterocycles. The molecule has 1 aromatic rings. The number of anilines is 1. The Morgan fingerprint density at radius 2 is 1.67 bits per heavy atom. The van der Waals surface area contributed by atoms with E-state index >= 15 is 0 Å². The quantitative estimate of drug-likeness (QED) is 0.679. The second-order valence-electron chi connectivity index (χ2n) is 7.40. The number of nitrogens with one attached hydrogen (secondary N) is 1. The predicted octanol–water partition coefficient (Wildman–Crippen LogP) is 5.96. The third-order valence-corrected chi connectivity index (χ3v) is 9.62. The second-order valence-corrected chi connectivity index (χ2v) is 13.0. The predicted molar refractivity (Wildman–Crippen MR) is 95.2 cm³/mol. The Morgan fingerprint density at radius 1 is 1.10 bits per heavy atom. The van der Waals surface area contributed by atoms with E-state index in [1.807, 2.05) is 12.1 Å². The minimum atomic E-state index is -1.71. The van der Waals surface area contributed by atoms with Gasteiger partial charge in [0.25, 0.3) is 0 Å². The van der Waals surface area contributed by atoms with E-state index in [-0.39, 0.29) is 5.04 Å². The Labute approximate surface area is 139 Å². The van der Waals surface area contributed by atoms with E-state index in [2.05, 4.69) is 39.2 Å². The van der Waals surface area contributed by atoms with Crippen LogP contribution in [0.4, 0.5) is 5.69 Å². The van der Waals surface area contributed by atoms with Crippen molar-refractivity contribution in [2.75, 3.05) is 5.32 Å². The zero-order chi connectivity index (χ0) is 15.8. The third-order valence-electron chi connectivity index (χ3n) is 4.68. The Kier molecular flexibility index (Phi) is 4.99. The maximum Gasteiger partial charge on any atom is 0.192 e. The summed E-state index contributed by atoms with van der Waals surface area (Å²) in [4.78, 5) is 0. The molecule has 118 valence electrons. The lowest BCUT2D eigenvalue weighted by atomic mass is 9.89. The highest BCUT2D eigenvalue weighted by Crippen LogP contribution is 2.40. The normalized spacial score (nSPS) is 22.8. The van der Waals surface area contributed by atoms with Crippen LogP contribution in [0.1, 0.15) is 33.6 Å². The van der Waals surface area contributed by atoms with E-state index in [4.69, 9.17) is 27.6 Å². The van der Waals surface area contributed by atoms with E-state index in [1.54, 1.807) is 6.07 Å². The standard InChI is InChI=1S/C16H25Cl2NOSi/c1-16(2,3)21(4,5)20-15-7-6-14(15)19-13-9-11(17)8-12(18)10-13/h8-10,14-15,19H,6-7H2,1-5H3/t14-,15-/m0/s1. The number of halogens is 2. The lowest BCUT2D eigenvalue weighted by Crippen LogP contribution is -2.53. The summed E-state index contributed by atoms with van der Waals surface area (Å²) in [5, 5.41) is 5.07. The second kappa shape index (κ2) is 6.11. The number of hydrogen-bond acceptors (Lipinski definition) is 2. The molecule has 1 fully saturated rings. The molecule has 1 aliphatic carbocycles. The van der Waals surface area contributed by atoms with Gasteiger partial charge in [0, 0.05) is 15.7 Å². The molecule has 0 unspecified atom stereocenters. The fourth-order valence-electron chi connectivity index (χ4n) is 2.18. The highest BCUT2D eigenvalue weighted by molar-refractivity contribution is 6.74. The van der Waals surface area contributed by atoms with E-state index in [1.165, 1.54) is 0 Å². The van der Waals surface area contributed by atoms with Gasteiger partial charge in [-0.2, -0.15) is 0 Å². The average molecular weight is 346 g/mol. The molecule has 5 heteroatoms. The van der Waals surface area contributed by atoms with E-state index in [9.17, 15) is 0 Å². The molecule has 1 saturated carbocycles. The number of rotatable bonds is 4. The molecular weight excluding hydrogens is 321 g/mol. The molecule has 1 aliphatic rings. The Balaban J connectivity index is 2.00. The molecule has 2 rings (SSSR count). The van der Waals surface area contributed by atoms with Gasteiger partial charge in [-0.25, -0.2) is 0 Å². The summed E-state index contributed by atoms with van der Waals surface area (Å²) in [5.41, 5.74) is 0.973. The molecule has 1 aromatic carbocycles. The topological polar surface area (TPSA) is 21.3 Å². The molecule has 1 N–H and O–H groups in total. The molecule has 0 radical (unpaired) electrons. The molecule has 0 spiro atoms. The van der Waals surface area contributed by atoms with Gasteiger partial charge >= 0.3 is 0 Å². The van der Waals surface area contributed by atoms with Gasteiger partial charge in [-0.15, -0.1) is 0 Å². The van der Waals surface area contributed by atoms with Gasteiger partial charge in [-0.3, -0.25) is 0 Å². The summed E-state index contributed by atoms with van der Waals surface area (Å²) in [6.07, 6.45) is 2.55. The first-order valence-electron chi connectivity index (χ1n) is 7.49. The van der Waals surface area contributed by atoms with Crippen LogP contribution in [-0.2, 0) is 4.43 Å². The summed E-state index contributed by atoms with van der Waals surface area (Å²) >= 11 is 12.1. The van der Waals surface area contributed by atoms with E-state index in [0.717, 1.165) is 18.5 Å². The first-order valence-corrected chi connectivity index (χ1v) is 11.2. The molecule has 0 amide bonds. The van der Waals surface area contributed by atoms with Crippen LogP contribution in [0.25, 0.3) is 0 Å². The van der Waals surface area contributed by atoms with Crippen LogP contribution in [-0.4, -0.2) is 20.5 Å². The fourth-order valence-corrected chi connectivity index (χ4v) is 4.10. The molecular formula is C16H25Cl2NOSi. The summed E-state index contributed by atoms with van der Waals surface area (Å²) in [6, 6.07) is 5.93. The zero-order valence-corrected chi connectivity index (χ0v) is 16.0. The zero-order valence-electron chi connectivity index (χ0n) is 13.5. The highest BCUT2D eigenvalue weighted by Gasteiger charge is 2.43. The van der Waals surface area contributed by atoms with Crippen LogP contribution in [0, 0.1) is 0 Å². The largest absolute Gasteiger partial charge is 0.412 e. The molecule has 21 heavy (non-hydrogen) atoms. The van der Waals surface area contributed by atoms with Crippen LogP contribution in [0.5, 0.6) is 0 Å². The van der Waals surface area contributed by atoms with Crippen molar-refractivity contribution in [2.45, 2.75) is 63.9 Å². The highest BCUT2D eigenvalue weighted by atomic mass is 35.5. The van der Waals surface area contributed by atoms with Gasteiger partial charge in [0.05, 0.1) is 12.1 Å². The summed E-state index contributed by atoms with van der Waals surface area (Å²) in [7, 11) is -1.71.